The van der Waals surface area contributed by atoms with Gasteiger partial charge in [-0.05, 0) is 49.2 Å². The lowest BCUT2D eigenvalue weighted by atomic mass is 9.99. The van der Waals surface area contributed by atoms with Crippen molar-refractivity contribution in [2.24, 2.45) is 5.92 Å². The first-order valence-corrected chi connectivity index (χ1v) is 15.1. The van der Waals surface area contributed by atoms with Crippen LogP contribution >= 0.6 is 23.2 Å². The molecule has 0 radical (unpaired) electrons. The number of anilines is 1. The number of nitrogens with zero attached hydrogens (tertiary/aromatic N) is 2. The van der Waals surface area contributed by atoms with Crippen LogP contribution in [0, 0.1) is 5.92 Å². The van der Waals surface area contributed by atoms with Crippen LogP contribution in [-0.2, 0) is 30.6 Å². The van der Waals surface area contributed by atoms with Crippen molar-refractivity contribution in [1.29, 1.82) is 0 Å². The third-order valence-corrected chi connectivity index (χ3v) is 10.5. The van der Waals surface area contributed by atoms with Gasteiger partial charge < -0.3 is 5.32 Å². The zero-order chi connectivity index (χ0) is 25.8. The Morgan fingerprint density at radius 2 is 1.63 bits per heavy atom. The number of piperidine rings is 1. The third kappa shape index (κ3) is 6.55. The van der Waals surface area contributed by atoms with Crippen molar-refractivity contribution < 1.29 is 21.6 Å². The Hall–Kier alpha value is -1.69. The molecule has 192 valence electrons. The molecular weight excluding hydrogens is 533 g/mol. The second kappa shape index (κ2) is 11.6. The normalized spacial score (nSPS) is 17.5. The molecule has 2 aromatic carbocycles. The average Bonchev–Trinajstić information content (AvgIpc) is 2.82. The van der Waals surface area contributed by atoms with Crippen molar-refractivity contribution in [3.8, 4) is 0 Å². The number of benzene rings is 2. The Balaban J connectivity index is 1.67. The molecule has 8 nitrogen and oxygen atoms in total. The van der Waals surface area contributed by atoms with Crippen molar-refractivity contribution in [2.75, 3.05) is 31.5 Å². The summed E-state index contributed by atoms with van der Waals surface area (Å²) in [6.07, 6.45) is 1.08. The molecule has 0 spiro atoms. The van der Waals surface area contributed by atoms with Gasteiger partial charge in [0.25, 0.3) is 0 Å². The van der Waals surface area contributed by atoms with Gasteiger partial charge in [0.15, 0.2) is 0 Å². The van der Waals surface area contributed by atoms with E-state index in [-0.39, 0.29) is 33.1 Å². The van der Waals surface area contributed by atoms with Gasteiger partial charge in [-0.2, -0.15) is 4.31 Å². The van der Waals surface area contributed by atoms with E-state index >= 15 is 0 Å². The zero-order valence-electron chi connectivity index (χ0n) is 19.6. The van der Waals surface area contributed by atoms with Crippen LogP contribution in [0.15, 0.2) is 47.4 Å². The molecule has 2 aromatic rings. The maximum atomic E-state index is 13.0. The van der Waals surface area contributed by atoms with Crippen LogP contribution in [-0.4, -0.2) is 57.5 Å². The summed E-state index contributed by atoms with van der Waals surface area (Å²) < 4.78 is 54.0. The van der Waals surface area contributed by atoms with Crippen molar-refractivity contribution in [2.45, 2.75) is 37.3 Å². The fourth-order valence-corrected chi connectivity index (χ4v) is 7.84. The fraction of sp³-hybridized carbons (Fsp3) is 0.435. The van der Waals surface area contributed by atoms with E-state index in [2.05, 4.69) is 5.32 Å². The Bertz CT molecular complexity index is 1240. The highest BCUT2D eigenvalue weighted by Gasteiger charge is 2.33. The Morgan fingerprint density at radius 3 is 2.20 bits per heavy atom. The second-order valence-electron chi connectivity index (χ2n) is 8.26. The summed E-state index contributed by atoms with van der Waals surface area (Å²) in [5.41, 5.74) is 0.776. The fourth-order valence-electron chi connectivity index (χ4n) is 4.02. The minimum Gasteiger partial charge on any atom is -0.326 e. The van der Waals surface area contributed by atoms with E-state index in [0.717, 1.165) is 0 Å². The summed E-state index contributed by atoms with van der Waals surface area (Å²) in [5, 5.41) is 3.33. The Kier molecular flexibility index (Phi) is 9.22. The van der Waals surface area contributed by atoms with Gasteiger partial charge >= 0.3 is 0 Å². The summed E-state index contributed by atoms with van der Waals surface area (Å²) in [4.78, 5) is 13.0. The Morgan fingerprint density at radius 1 is 1.03 bits per heavy atom. The lowest BCUT2D eigenvalue weighted by Crippen LogP contribution is -2.44. The predicted octanol–water partition coefficient (Wildman–Crippen LogP) is 4.20. The number of hydrogen-bond acceptors (Lipinski definition) is 5. The average molecular weight is 563 g/mol. The lowest BCUT2D eigenvalue weighted by molar-refractivity contribution is -0.120. The highest BCUT2D eigenvalue weighted by Crippen LogP contribution is 2.29. The smallest absolute Gasteiger partial charge is 0.243 e. The zero-order valence-corrected chi connectivity index (χ0v) is 22.7. The van der Waals surface area contributed by atoms with Crippen LogP contribution in [0.4, 0.5) is 5.69 Å². The second-order valence-corrected chi connectivity index (χ2v) is 13.0. The molecule has 12 heteroatoms. The van der Waals surface area contributed by atoms with Gasteiger partial charge in [0.05, 0.1) is 16.6 Å². The van der Waals surface area contributed by atoms with E-state index < -0.39 is 26.0 Å². The Labute approximate surface area is 217 Å². The van der Waals surface area contributed by atoms with Crippen molar-refractivity contribution >= 4 is 54.8 Å². The van der Waals surface area contributed by atoms with Gasteiger partial charge in [-0.15, -0.1) is 0 Å². The molecule has 1 amide bonds. The maximum absolute atomic E-state index is 13.0. The van der Waals surface area contributed by atoms with Crippen LogP contribution in [0.25, 0.3) is 0 Å². The third-order valence-electron chi connectivity index (χ3n) is 6.00. The molecule has 35 heavy (non-hydrogen) atoms. The largest absolute Gasteiger partial charge is 0.326 e. The van der Waals surface area contributed by atoms with Crippen LogP contribution in [0.2, 0.25) is 10.0 Å². The van der Waals surface area contributed by atoms with E-state index in [1.165, 1.54) is 32.9 Å². The number of nitrogens with one attached hydrogen (secondary N) is 1. The summed E-state index contributed by atoms with van der Waals surface area (Å²) >= 11 is 12.3. The molecule has 0 aliphatic carbocycles. The number of rotatable bonds is 9. The minimum absolute atomic E-state index is 0.0463. The topological polar surface area (TPSA) is 104 Å². The van der Waals surface area contributed by atoms with Gasteiger partial charge in [0.1, 0.15) is 0 Å². The number of hydrogen-bond donors (Lipinski definition) is 1. The van der Waals surface area contributed by atoms with E-state index in [9.17, 15) is 21.6 Å². The van der Waals surface area contributed by atoms with Crippen molar-refractivity contribution in [1.82, 2.24) is 8.61 Å². The standard InChI is InChI=1S/C23H29Cl2N3O5S2/c1-3-27(4-2)35(32,33)19-12-10-18(11-13-19)26-23(29)17-7-6-14-28(15-17)34(30,31)16-20-21(24)8-5-9-22(20)25/h5,8-13,17H,3-4,6-7,14-16H2,1-2H3,(H,26,29)/t17-/m0/s1. The number of halogens is 2. The first-order valence-electron chi connectivity index (χ1n) is 11.3. The van der Waals surface area contributed by atoms with Crippen LogP contribution in [0.3, 0.4) is 0 Å². The molecule has 1 aliphatic heterocycles. The molecule has 1 heterocycles. The van der Waals surface area contributed by atoms with Crippen molar-refractivity contribution in [3.05, 3.63) is 58.1 Å². The van der Waals surface area contributed by atoms with E-state index in [4.69, 9.17) is 23.2 Å². The molecule has 1 fully saturated rings. The molecule has 0 unspecified atom stereocenters. The van der Waals surface area contributed by atoms with Gasteiger partial charge in [0.2, 0.25) is 26.0 Å². The summed E-state index contributed by atoms with van der Waals surface area (Å²) in [6.45, 7) is 4.62. The van der Waals surface area contributed by atoms with Gasteiger partial charge in [0, 0.05) is 47.5 Å². The molecule has 0 bridgehead atoms. The van der Waals surface area contributed by atoms with Gasteiger partial charge in [-0.25, -0.2) is 21.1 Å². The summed E-state index contributed by atoms with van der Waals surface area (Å²) in [5.74, 6) is -1.21. The molecule has 1 aliphatic rings. The number of sulfonamides is 2. The SMILES string of the molecule is CCN(CC)S(=O)(=O)c1ccc(NC(=O)[C@H]2CCCN(S(=O)(=O)Cc3c(Cl)cccc3Cl)C2)cc1. The van der Waals surface area contributed by atoms with E-state index in [1.54, 1.807) is 32.0 Å². The highest BCUT2D eigenvalue weighted by molar-refractivity contribution is 7.89. The summed E-state index contributed by atoms with van der Waals surface area (Å²) in [6, 6.07) is 10.8. The summed E-state index contributed by atoms with van der Waals surface area (Å²) in [7, 11) is -7.34. The first kappa shape index (κ1) is 27.9. The van der Waals surface area contributed by atoms with Crippen LogP contribution < -0.4 is 5.32 Å². The molecule has 3 rings (SSSR count). The molecule has 1 atom stereocenters. The molecule has 0 saturated carbocycles. The number of carbonyl (C=O) groups is 1. The minimum atomic E-state index is -3.74. The van der Waals surface area contributed by atoms with Gasteiger partial charge in [-0.1, -0.05) is 43.1 Å². The van der Waals surface area contributed by atoms with Gasteiger partial charge in [-0.3, -0.25) is 4.79 Å². The lowest BCUT2D eigenvalue weighted by Gasteiger charge is -2.31. The monoisotopic (exact) mass is 561 g/mol. The molecule has 1 saturated heterocycles. The van der Waals surface area contributed by atoms with E-state index in [0.29, 0.717) is 43.7 Å². The molecule has 0 aromatic heterocycles. The molecular formula is C23H29Cl2N3O5S2. The number of carbonyl (C=O) groups excluding carboxylic acids is 1. The molecule has 1 N–H and O–H groups in total. The highest BCUT2D eigenvalue weighted by atomic mass is 35.5. The van der Waals surface area contributed by atoms with Crippen LogP contribution in [0.5, 0.6) is 0 Å². The van der Waals surface area contributed by atoms with E-state index in [1.807, 2.05) is 0 Å². The first-order chi connectivity index (χ1) is 16.5. The predicted molar refractivity (Wildman–Crippen MR) is 139 cm³/mol. The maximum Gasteiger partial charge on any atom is 0.243 e. The van der Waals surface area contributed by atoms with Crippen molar-refractivity contribution in [3.63, 3.8) is 0 Å². The van der Waals surface area contributed by atoms with Crippen LogP contribution in [0.1, 0.15) is 32.3 Å². The quantitative estimate of drug-likeness (QED) is 0.494. The number of amides is 1.